The second kappa shape index (κ2) is 8.20. The van der Waals surface area contributed by atoms with Crippen LogP contribution in [0.3, 0.4) is 0 Å². The van der Waals surface area contributed by atoms with Crippen LogP contribution in [0, 0.1) is 11.7 Å². The monoisotopic (exact) mass is 435 g/mol. The molecule has 2 aromatic carbocycles. The maximum atomic E-state index is 13.4. The van der Waals surface area contributed by atoms with Crippen LogP contribution in [0.1, 0.15) is 6.42 Å². The van der Waals surface area contributed by atoms with E-state index in [1.165, 1.54) is 23.1 Å². The standard InChI is InChI=1S/C21H20Cl2FN3O2/c22-16-3-1-2-4-19(16)25-7-9-26(10-8-25)21(29)14-11-20(28)27(13-14)15-5-6-18(24)17(23)12-15/h1-6,12,14H,7-11,13H2. The number of para-hydroxylation sites is 1. The smallest absolute Gasteiger partial charge is 0.228 e. The molecule has 4 rings (SSSR count). The van der Waals surface area contributed by atoms with Crippen molar-refractivity contribution in [1.29, 1.82) is 0 Å². The summed E-state index contributed by atoms with van der Waals surface area (Å²) in [5.41, 5.74) is 1.48. The van der Waals surface area contributed by atoms with Crippen molar-refractivity contribution in [3.63, 3.8) is 0 Å². The van der Waals surface area contributed by atoms with E-state index in [0.717, 1.165) is 5.69 Å². The van der Waals surface area contributed by atoms with Crippen LogP contribution in [0.15, 0.2) is 42.5 Å². The molecular weight excluding hydrogens is 416 g/mol. The van der Waals surface area contributed by atoms with Crippen LogP contribution >= 0.6 is 23.2 Å². The van der Waals surface area contributed by atoms with Crippen LogP contribution in [0.4, 0.5) is 15.8 Å². The summed E-state index contributed by atoms with van der Waals surface area (Å²) in [7, 11) is 0. The number of rotatable bonds is 3. The van der Waals surface area contributed by atoms with Crippen LogP contribution in [0.5, 0.6) is 0 Å². The first kappa shape index (κ1) is 20.0. The number of carbonyl (C=O) groups excluding carboxylic acids is 2. The van der Waals surface area contributed by atoms with Crippen molar-refractivity contribution < 1.29 is 14.0 Å². The lowest BCUT2D eigenvalue weighted by molar-refractivity contribution is -0.136. The zero-order chi connectivity index (χ0) is 20.5. The fourth-order valence-corrected chi connectivity index (χ4v) is 4.34. The average molecular weight is 436 g/mol. The summed E-state index contributed by atoms with van der Waals surface area (Å²) in [6, 6.07) is 11.8. The number of hydrogen-bond acceptors (Lipinski definition) is 3. The molecule has 29 heavy (non-hydrogen) atoms. The van der Waals surface area contributed by atoms with E-state index in [2.05, 4.69) is 4.90 Å². The van der Waals surface area contributed by atoms with E-state index in [1.54, 1.807) is 0 Å². The third kappa shape index (κ3) is 4.05. The highest BCUT2D eigenvalue weighted by atomic mass is 35.5. The van der Waals surface area contributed by atoms with Gasteiger partial charge in [0.2, 0.25) is 11.8 Å². The number of anilines is 2. The van der Waals surface area contributed by atoms with Gasteiger partial charge in [-0.15, -0.1) is 0 Å². The molecular formula is C21H20Cl2FN3O2. The average Bonchev–Trinajstić information content (AvgIpc) is 3.12. The van der Waals surface area contributed by atoms with Crippen LogP contribution in [0.2, 0.25) is 10.0 Å². The van der Waals surface area contributed by atoms with E-state index in [-0.39, 0.29) is 29.8 Å². The molecule has 0 radical (unpaired) electrons. The van der Waals surface area contributed by atoms with Gasteiger partial charge in [0.05, 0.1) is 21.7 Å². The highest BCUT2D eigenvalue weighted by Crippen LogP contribution is 2.30. The highest BCUT2D eigenvalue weighted by molar-refractivity contribution is 6.33. The minimum Gasteiger partial charge on any atom is -0.367 e. The normalized spacial score (nSPS) is 19.8. The molecule has 8 heteroatoms. The quantitative estimate of drug-likeness (QED) is 0.735. The first-order valence-electron chi connectivity index (χ1n) is 9.47. The van der Waals surface area contributed by atoms with Crippen molar-refractivity contribution in [2.24, 2.45) is 5.92 Å². The van der Waals surface area contributed by atoms with Crippen LogP contribution < -0.4 is 9.80 Å². The Morgan fingerprint density at radius 1 is 1.00 bits per heavy atom. The number of piperazine rings is 1. The number of carbonyl (C=O) groups is 2. The van der Waals surface area contributed by atoms with E-state index in [9.17, 15) is 14.0 Å². The number of nitrogens with zero attached hydrogens (tertiary/aromatic N) is 3. The molecule has 0 N–H and O–H groups in total. The van der Waals surface area contributed by atoms with E-state index in [0.29, 0.717) is 36.9 Å². The van der Waals surface area contributed by atoms with Crippen LogP contribution in [-0.2, 0) is 9.59 Å². The summed E-state index contributed by atoms with van der Waals surface area (Å²) < 4.78 is 13.4. The first-order chi connectivity index (χ1) is 13.9. The Hall–Kier alpha value is -2.31. The van der Waals surface area contributed by atoms with Crippen molar-refractivity contribution >= 4 is 46.4 Å². The van der Waals surface area contributed by atoms with Crippen LogP contribution in [-0.4, -0.2) is 49.4 Å². The summed E-state index contributed by atoms with van der Waals surface area (Å²) in [6.45, 7) is 2.82. The summed E-state index contributed by atoms with van der Waals surface area (Å²) in [5.74, 6) is -1.11. The van der Waals surface area contributed by atoms with Crippen molar-refractivity contribution in [3.8, 4) is 0 Å². The van der Waals surface area contributed by atoms with Crippen molar-refractivity contribution in [2.75, 3.05) is 42.5 Å². The molecule has 0 aromatic heterocycles. The van der Waals surface area contributed by atoms with Gasteiger partial charge in [0.25, 0.3) is 0 Å². The minimum absolute atomic E-state index is 0.0205. The molecule has 1 atom stereocenters. The molecule has 2 aliphatic rings. The number of benzene rings is 2. The van der Waals surface area contributed by atoms with Gasteiger partial charge in [-0.05, 0) is 30.3 Å². The SMILES string of the molecule is O=C(C1CC(=O)N(c2ccc(F)c(Cl)c2)C1)N1CCN(c2ccccc2Cl)CC1. The predicted octanol–water partition coefficient (Wildman–Crippen LogP) is 3.83. The molecule has 2 aliphatic heterocycles. The second-order valence-electron chi connectivity index (χ2n) is 7.27. The molecule has 5 nitrogen and oxygen atoms in total. The molecule has 0 spiro atoms. The zero-order valence-corrected chi connectivity index (χ0v) is 17.2. The van der Waals surface area contributed by atoms with Gasteiger partial charge in [-0.1, -0.05) is 35.3 Å². The van der Waals surface area contributed by atoms with Gasteiger partial charge < -0.3 is 14.7 Å². The molecule has 2 heterocycles. The largest absolute Gasteiger partial charge is 0.367 e. The molecule has 0 saturated carbocycles. The maximum absolute atomic E-state index is 13.4. The Labute approximate surface area is 178 Å². The predicted molar refractivity (Wildman–Crippen MR) is 112 cm³/mol. The van der Waals surface area contributed by atoms with E-state index >= 15 is 0 Å². The summed E-state index contributed by atoms with van der Waals surface area (Å²) >= 11 is 12.1. The van der Waals surface area contributed by atoms with Gasteiger partial charge >= 0.3 is 0 Å². The Morgan fingerprint density at radius 3 is 2.41 bits per heavy atom. The fraction of sp³-hybridized carbons (Fsp3) is 0.333. The number of hydrogen-bond donors (Lipinski definition) is 0. The Kier molecular flexibility index (Phi) is 5.65. The summed E-state index contributed by atoms with van der Waals surface area (Å²) in [5, 5.41) is 0.656. The molecule has 0 aliphatic carbocycles. The third-order valence-electron chi connectivity index (χ3n) is 5.47. The van der Waals surface area contributed by atoms with Gasteiger partial charge in [-0.2, -0.15) is 0 Å². The van der Waals surface area contributed by atoms with Gasteiger partial charge in [-0.25, -0.2) is 4.39 Å². The van der Waals surface area contributed by atoms with E-state index in [1.807, 2.05) is 29.2 Å². The van der Waals surface area contributed by atoms with Crippen LogP contribution in [0.25, 0.3) is 0 Å². The lowest BCUT2D eigenvalue weighted by atomic mass is 10.1. The molecule has 1 unspecified atom stereocenters. The molecule has 0 bridgehead atoms. The third-order valence-corrected chi connectivity index (χ3v) is 6.08. The van der Waals surface area contributed by atoms with E-state index < -0.39 is 11.7 Å². The Morgan fingerprint density at radius 2 is 1.72 bits per heavy atom. The molecule has 2 saturated heterocycles. The molecule has 152 valence electrons. The van der Waals surface area contributed by atoms with Gasteiger partial charge in [0.15, 0.2) is 0 Å². The summed E-state index contributed by atoms with van der Waals surface area (Å²) in [4.78, 5) is 30.9. The van der Waals surface area contributed by atoms with Crippen molar-refractivity contribution in [2.45, 2.75) is 6.42 Å². The molecule has 2 aromatic rings. The van der Waals surface area contributed by atoms with Gasteiger partial charge in [0, 0.05) is 44.8 Å². The maximum Gasteiger partial charge on any atom is 0.228 e. The van der Waals surface area contributed by atoms with E-state index in [4.69, 9.17) is 23.2 Å². The van der Waals surface area contributed by atoms with Crippen molar-refractivity contribution in [1.82, 2.24) is 4.90 Å². The van der Waals surface area contributed by atoms with Gasteiger partial charge in [-0.3, -0.25) is 9.59 Å². The summed E-state index contributed by atoms with van der Waals surface area (Å²) in [6.07, 6.45) is 0.151. The first-order valence-corrected chi connectivity index (χ1v) is 10.2. The molecule has 2 fully saturated rings. The Bertz CT molecular complexity index is 947. The second-order valence-corrected chi connectivity index (χ2v) is 8.08. The fourth-order valence-electron chi connectivity index (χ4n) is 3.91. The molecule has 2 amide bonds. The lowest BCUT2D eigenvalue weighted by Crippen LogP contribution is -2.50. The minimum atomic E-state index is -0.536. The Balaban J connectivity index is 1.39. The lowest BCUT2D eigenvalue weighted by Gasteiger charge is -2.37. The van der Waals surface area contributed by atoms with Crippen molar-refractivity contribution in [3.05, 3.63) is 58.3 Å². The number of amides is 2. The topological polar surface area (TPSA) is 43.9 Å². The highest BCUT2D eigenvalue weighted by Gasteiger charge is 2.38. The zero-order valence-electron chi connectivity index (χ0n) is 15.7. The number of halogens is 3. The van der Waals surface area contributed by atoms with Gasteiger partial charge in [0.1, 0.15) is 5.82 Å².